The standard InChI is InChI=1S/C11H13NO3/c1-3-8-4-5-10(15-2)9(6-8)12-11(14)7-13/h4-7H,3H2,1-2H3,(H,12,14). The van der Waals surface area contributed by atoms with Gasteiger partial charge in [-0.2, -0.15) is 0 Å². The fourth-order valence-electron chi connectivity index (χ4n) is 1.23. The monoisotopic (exact) mass is 207 g/mol. The van der Waals surface area contributed by atoms with Gasteiger partial charge in [0.2, 0.25) is 6.29 Å². The molecule has 0 bridgehead atoms. The lowest BCUT2D eigenvalue weighted by molar-refractivity contribution is -0.127. The molecule has 4 heteroatoms. The number of aldehydes is 1. The second-order valence-electron chi connectivity index (χ2n) is 3.00. The number of methoxy groups -OCH3 is 1. The molecule has 0 aliphatic heterocycles. The number of nitrogens with one attached hydrogen (secondary N) is 1. The Morgan fingerprint density at radius 1 is 1.53 bits per heavy atom. The average Bonchev–Trinajstić information content (AvgIpc) is 2.28. The SMILES string of the molecule is CCc1ccc(OC)c(NC(=O)C=O)c1. The van der Waals surface area contributed by atoms with Crippen LogP contribution in [0, 0.1) is 0 Å². The van der Waals surface area contributed by atoms with Crippen molar-refractivity contribution in [3.8, 4) is 5.75 Å². The topological polar surface area (TPSA) is 55.4 Å². The molecule has 0 atom stereocenters. The number of carbonyl (C=O) groups is 2. The van der Waals surface area contributed by atoms with Crippen LogP contribution in [0.3, 0.4) is 0 Å². The molecule has 0 saturated heterocycles. The maximum atomic E-state index is 10.9. The Bertz CT molecular complexity index is 374. The lowest BCUT2D eigenvalue weighted by atomic mass is 10.1. The van der Waals surface area contributed by atoms with Crippen molar-refractivity contribution in [3.05, 3.63) is 23.8 Å². The molecule has 15 heavy (non-hydrogen) atoms. The van der Waals surface area contributed by atoms with Crippen LogP contribution < -0.4 is 10.1 Å². The van der Waals surface area contributed by atoms with Crippen molar-refractivity contribution in [2.75, 3.05) is 12.4 Å². The third kappa shape index (κ3) is 2.80. The summed E-state index contributed by atoms with van der Waals surface area (Å²) >= 11 is 0. The molecule has 1 N–H and O–H groups in total. The minimum Gasteiger partial charge on any atom is -0.495 e. The van der Waals surface area contributed by atoms with E-state index in [0.717, 1.165) is 12.0 Å². The summed E-state index contributed by atoms with van der Waals surface area (Å²) in [5.74, 6) is -0.135. The maximum Gasteiger partial charge on any atom is 0.288 e. The van der Waals surface area contributed by atoms with Gasteiger partial charge in [-0.15, -0.1) is 0 Å². The highest BCUT2D eigenvalue weighted by Gasteiger charge is 2.06. The van der Waals surface area contributed by atoms with Crippen LogP contribution in [0.1, 0.15) is 12.5 Å². The number of hydrogen-bond donors (Lipinski definition) is 1. The van der Waals surface area contributed by atoms with Crippen LogP contribution in [0.15, 0.2) is 18.2 Å². The Hall–Kier alpha value is -1.84. The van der Waals surface area contributed by atoms with Gasteiger partial charge in [-0.25, -0.2) is 0 Å². The van der Waals surface area contributed by atoms with Crippen LogP contribution in [0.2, 0.25) is 0 Å². The highest BCUT2D eigenvalue weighted by atomic mass is 16.5. The Morgan fingerprint density at radius 2 is 2.27 bits per heavy atom. The van der Waals surface area contributed by atoms with E-state index in [-0.39, 0.29) is 6.29 Å². The minimum atomic E-state index is -0.679. The van der Waals surface area contributed by atoms with Crippen LogP contribution in [0.25, 0.3) is 0 Å². The summed E-state index contributed by atoms with van der Waals surface area (Å²) in [5, 5.41) is 2.45. The molecule has 0 unspecified atom stereocenters. The van der Waals surface area contributed by atoms with Crippen molar-refractivity contribution in [1.29, 1.82) is 0 Å². The highest BCUT2D eigenvalue weighted by molar-refractivity contribution is 6.29. The van der Waals surface area contributed by atoms with Gasteiger partial charge >= 0.3 is 0 Å². The third-order valence-electron chi connectivity index (χ3n) is 2.04. The molecule has 1 rings (SSSR count). The predicted molar refractivity (Wildman–Crippen MR) is 57.1 cm³/mol. The Balaban J connectivity index is 3.00. The van der Waals surface area contributed by atoms with Gasteiger partial charge in [-0.05, 0) is 24.1 Å². The van der Waals surface area contributed by atoms with Crippen LogP contribution in [-0.4, -0.2) is 19.3 Å². The molecular formula is C11H13NO3. The number of rotatable bonds is 4. The summed E-state index contributed by atoms with van der Waals surface area (Å²) < 4.78 is 5.06. The first-order chi connectivity index (χ1) is 7.21. The van der Waals surface area contributed by atoms with Gasteiger partial charge < -0.3 is 10.1 Å². The summed E-state index contributed by atoms with van der Waals surface area (Å²) in [7, 11) is 1.51. The number of hydrogen-bond acceptors (Lipinski definition) is 3. The zero-order valence-electron chi connectivity index (χ0n) is 8.74. The lowest BCUT2D eigenvalue weighted by Crippen LogP contribution is -2.13. The van der Waals surface area contributed by atoms with E-state index in [1.807, 2.05) is 13.0 Å². The van der Waals surface area contributed by atoms with Gasteiger partial charge in [0.25, 0.3) is 5.91 Å². The Morgan fingerprint density at radius 3 is 2.80 bits per heavy atom. The number of ether oxygens (including phenoxy) is 1. The van der Waals surface area contributed by atoms with Crippen LogP contribution in [-0.2, 0) is 16.0 Å². The van der Waals surface area contributed by atoms with Crippen molar-refractivity contribution in [2.45, 2.75) is 13.3 Å². The second-order valence-corrected chi connectivity index (χ2v) is 3.00. The zero-order chi connectivity index (χ0) is 11.3. The maximum absolute atomic E-state index is 10.9. The van der Waals surface area contributed by atoms with Crippen LogP contribution in [0.4, 0.5) is 5.69 Å². The highest BCUT2D eigenvalue weighted by Crippen LogP contribution is 2.25. The van der Waals surface area contributed by atoms with E-state index in [9.17, 15) is 9.59 Å². The largest absolute Gasteiger partial charge is 0.495 e. The van der Waals surface area contributed by atoms with Crippen LogP contribution >= 0.6 is 0 Å². The molecule has 4 nitrogen and oxygen atoms in total. The minimum absolute atomic E-state index is 0.234. The average molecular weight is 207 g/mol. The zero-order valence-corrected chi connectivity index (χ0v) is 8.74. The van der Waals surface area contributed by atoms with E-state index in [2.05, 4.69) is 5.32 Å². The van der Waals surface area contributed by atoms with E-state index in [1.165, 1.54) is 7.11 Å². The molecule has 1 amide bonds. The number of aryl methyl sites for hydroxylation is 1. The van der Waals surface area contributed by atoms with Crippen molar-refractivity contribution in [3.63, 3.8) is 0 Å². The van der Waals surface area contributed by atoms with Crippen molar-refractivity contribution >= 4 is 17.9 Å². The second kappa shape index (κ2) is 5.14. The van der Waals surface area contributed by atoms with E-state index >= 15 is 0 Å². The Labute approximate surface area is 88.2 Å². The van der Waals surface area contributed by atoms with Crippen molar-refractivity contribution in [2.24, 2.45) is 0 Å². The first kappa shape index (κ1) is 11.2. The molecule has 1 aromatic rings. The van der Waals surface area contributed by atoms with E-state index in [1.54, 1.807) is 12.1 Å². The molecule has 0 aromatic heterocycles. The lowest BCUT2D eigenvalue weighted by Gasteiger charge is -2.09. The van der Waals surface area contributed by atoms with Gasteiger partial charge in [-0.3, -0.25) is 9.59 Å². The van der Waals surface area contributed by atoms with Crippen molar-refractivity contribution in [1.82, 2.24) is 0 Å². The molecule has 0 fully saturated rings. The predicted octanol–water partition coefficient (Wildman–Crippen LogP) is 1.40. The number of benzene rings is 1. The number of carbonyl (C=O) groups excluding carboxylic acids is 2. The Kier molecular flexibility index (Phi) is 3.85. The summed E-state index contributed by atoms with van der Waals surface area (Å²) in [6.45, 7) is 2.01. The molecule has 0 radical (unpaired) electrons. The van der Waals surface area contributed by atoms with Gasteiger partial charge in [0.1, 0.15) is 5.75 Å². The number of amides is 1. The normalized spacial score (nSPS) is 9.47. The van der Waals surface area contributed by atoms with E-state index in [0.29, 0.717) is 11.4 Å². The third-order valence-corrected chi connectivity index (χ3v) is 2.04. The van der Waals surface area contributed by atoms with Gasteiger partial charge in [0.15, 0.2) is 0 Å². The fraction of sp³-hybridized carbons (Fsp3) is 0.273. The van der Waals surface area contributed by atoms with Gasteiger partial charge in [0.05, 0.1) is 12.8 Å². The molecular weight excluding hydrogens is 194 g/mol. The first-order valence-electron chi connectivity index (χ1n) is 4.64. The summed E-state index contributed by atoms with van der Waals surface area (Å²) in [6, 6.07) is 5.47. The summed E-state index contributed by atoms with van der Waals surface area (Å²) in [4.78, 5) is 21.1. The molecule has 0 spiro atoms. The summed E-state index contributed by atoms with van der Waals surface area (Å²) in [5.41, 5.74) is 1.59. The smallest absolute Gasteiger partial charge is 0.288 e. The molecule has 0 heterocycles. The van der Waals surface area contributed by atoms with Crippen molar-refractivity contribution < 1.29 is 14.3 Å². The van der Waals surface area contributed by atoms with E-state index < -0.39 is 5.91 Å². The molecule has 0 aliphatic carbocycles. The van der Waals surface area contributed by atoms with Gasteiger partial charge in [0, 0.05) is 0 Å². The molecule has 0 saturated carbocycles. The fourth-order valence-corrected chi connectivity index (χ4v) is 1.23. The molecule has 80 valence electrons. The molecule has 1 aromatic carbocycles. The number of anilines is 1. The first-order valence-corrected chi connectivity index (χ1v) is 4.64. The van der Waals surface area contributed by atoms with E-state index in [4.69, 9.17) is 4.74 Å². The molecule has 0 aliphatic rings. The quantitative estimate of drug-likeness (QED) is 0.599. The van der Waals surface area contributed by atoms with Crippen LogP contribution in [0.5, 0.6) is 5.75 Å². The summed E-state index contributed by atoms with van der Waals surface area (Å²) in [6.07, 6.45) is 1.09. The van der Waals surface area contributed by atoms with Gasteiger partial charge in [-0.1, -0.05) is 13.0 Å².